The van der Waals surface area contributed by atoms with E-state index in [1.807, 2.05) is 70.4 Å². The average Bonchev–Trinajstić information content (AvgIpc) is 2.93. The zero-order valence-corrected chi connectivity index (χ0v) is 29.8. The summed E-state index contributed by atoms with van der Waals surface area (Å²) in [6.45, 7) is 21.8. The average molecular weight is 560 g/mol. The largest absolute Gasteiger partial charge is 1.00 e. The van der Waals surface area contributed by atoms with E-state index in [0.717, 1.165) is 40.1 Å². The Labute approximate surface area is 284 Å². The first kappa shape index (κ1) is 41.9. The van der Waals surface area contributed by atoms with Gasteiger partial charge in [-0.3, -0.25) is 5.70 Å². The van der Waals surface area contributed by atoms with Crippen molar-refractivity contribution in [1.29, 1.82) is 0 Å². The maximum absolute atomic E-state index is 8.30. The van der Waals surface area contributed by atoms with Crippen LogP contribution in [0.2, 0.25) is 0 Å². The van der Waals surface area contributed by atoms with Gasteiger partial charge < -0.3 is 21.0 Å². The van der Waals surface area contributed by atoms with Gasteiger partial charge in [0.2, 0.25) is 0 Å². The Hall–Kier alpha value is -1.59. The SMILES string of the molecule is C=C=CNC.CC.CCCCCCCCC.[CH2-]/C(C)=C(\[NH-])c1ccccc1-c1[nH]cc(C)cc[nH]c1CC.[K+]. The molecule has 0 saturated heterocycles. The summed E-state index contributed by atoms with van der Waals surface area (Å²) in [5.74, 6) is 0. The van der Waals surface area contributed by atoms with Gasteiger partial charge in [0.25, 0.3) is 0 Å². The fourth-order valence-electron chi connectivity index (χ4n) is 3.47. The van der Waals surface area contributed by atoms with Crippen molar-refractivity contribution >= 4 is 5.70 Å². The van der Waals surface area contributed by atoms with Gasteiger partial charge in [-0.25, -0.2) is 12.5 Å². The molecule has 1 heterocycles. The molecular formula is C34H56KN4-. The van der Waals surface area contributed by atoms with Gasteiger partial charge >= 0.3 is 51.4 Å². The maximum atomic E-state index is 8.30. The molecule has 2 aromatic rings. The first-order chi connectivity index (χ1) is 18.4. The molecule has 0 radical (unpaired) electrons. The molecule has 0 spiro atoms. The van der Waals surface area contributed by atoms with Crippen LogP contribution in [0, 0.1) is 13.8 Å². The normalized spacial score (nSPS) is 9.74. The number of aromatic nitrogens is 2. The minimum Gasteiger partial charge on any atom is -0.783 e. The van der Waals surface area contributed by atoms with Crippen molar-refractivity contribution in [2.45, 2.75) is 99.8 Å². The number of benzene rings is 1. The number of allylic oxidation sites excluding steroid dienone is 1. The van der Waals surface area contributed by atoms with Gasteiger partial charge in [-0.05, 0) is 30.5 Å². The van der Waals surface area contributed by atoms with E-state index in [1.54, 1.807) is 13.2 Å². The molecule has 0 amide bonds. The van der Waals surface area contributed by atoms with Gasteiger partial charge in [-0.1, -0.05) is 117 Å². The van der Waals surface area contributed by atoms with Crippen LogP contribution >= 0.6 is 0 Å². The summed E-state index contributed by atoms with van der Waals surface area (Å²) in [5, 5.41) is 2.72. The van der Waals surface area contributed by atoms with Crippen LogP contribution in [0.3, 0.4) is 0 Å². The van der Waals surface area contributed by atoms with Gasteiger partial charge in [0.05, 0.1) is 5.69 Å². The number of rotatable bonds is 10. The number of hydrogen-bond acceptors (Lipinski definition) is 1. The van der Waals surface area contributed by atoms with E-state index in [1.165, 1.54) is 44.9 Å². The molecule has 0 aliphatic rings. The fourth-order valence-corrected chi connectivity index (χ4v) is 3.47. The number of hydrogen-bond donors (Lipinski definition) is 3. The Morgan fingerprint density at radius 3 is 2.03 bits per heavy atom. The third kappa shape index (κ3) is 20.0. The summed E-state index contributed by atoms with van der Waals surface area (Å²) in [6, 6.07) is 10.00. The Bertz CT molecular complexity index is 967. The van der Waals surface area contributed by atoms with Gasteiger partial charge in [-0.15, -0.1) is 11.3 Å². The van der Waals surface area contributed by atoms with Gasteiger partial charge in [0, 0.05) is 31.3 Å². The van der Waals surface area contributed by atoms with E-state index >= 15 is 0 Å². The molecule has 4 N–H and O–H groups in total. The monoisotopic (exact) mass is 559 g/mol. The van der Waals surface area contributed by atoms with Crippen molar-refractivity contribution in [3.8, 4) is 11.3 Å². The molecule has 0 bridgehead atoms. The molecule has 5 heteroatoms. The smallest absolute Gasteiger partial charge is 0.783 e. The summed E-state index contributed by atoms with van der Waals surface area (Å²) in [4.78, 5) is 6.75. The number of aryl methyl sites for hydroxylation is 2. The number of H-pyrrole nitrogens is 2. The maximum Gasteiger partial charge on any atom is 1.00 e. The van der Waals surface area contributed by atoms with Crippen LogP contribution in [0.15, 0.2) is 66.8 Å². The predicted octanol–water partition coefficient (Wildman–Crippen LogP) is 7.91. The Morgan fingerprint density at radius 1 is 1.00 bits per heavy atom. The van der Waals surface area contributed by atoms with Gasteiger partial charge in [-0.2, -0.15) is 0 Å². The quantitative estimate of drug-likeness (QED) is 0.118. The van der Waals surface area contributed by atoms with Crippen molar-refractivity contribution in [2.75, 3.05) is 7.05 Å². The molecule has 214 valence electrons. The molecule has 0 atom stereocenters. The van der Waals surface area contributed by atoms with Crippen LogP contribution < -0.4 is 56.7 Å². The molecule has 2 rings (SSSR count). The van der Waals surface area contributed by atoms with Crippen molar-refractivity contribution in [2.24, 2.45) is 0 Å². The van der Waals surface area contributed by atoms with E-state index < -0.39 is 0 Å². The number of unbranched alkanes of at least 4 members (excludes halogenated alkanes) is 6. The van der Waals surface area contributed by atoms with Crippen LogP contribution in [-0.2, 0) is 6.42 Å². The molecule has 0 aliphatic carbocycles. The van der Waals surface area contributed by atoms with Crippen LogP contribution in [0.25, 0.3) is 22.7 Å². The standard InChI is InChI=1S/C19H23N3.C9H20.C4H7N.C2H6.K/c1-5-17-19(22-12-14(4)10-11-21-17)16-9-7-6-8-15(16)18(20)13(2)3;1-3-5-7-9-8-6-4-2;1-3-4-5-2;1-2;/h6-12,20-22H,2,5H2,1,3-4H3;3-9H2,1-2H3;4-5H,1H2,2H3;1-2H3;/q-2;;;;+1/b11-10?,14-12?,18-13+,19-17?;;;;. The third-order valence-corrected chi connectivity index (χ3v) is 5.55. The molecule has 4 nitrogen and oxygen atoms in total. The summed E-state index contributed by atoms with van der Waals surface area (Å²) in [5.41, 5.74) is 17.2. The predicted molar refractivity (Wildman–Crippen MR) is 172 cm³/mol. The topological polar surface area (TPSA) is 67.4 Å². The molecule has 0 aliphatic heterocycles. The fraction of sp³-hybridized carbons (Fsp3) is 0.471. The van der Waals surface area contributed by atoms with Crippen molar-refractivity contribution < 1.29 is 51.4 Å². The molecule has 0 saturated carbocycles. The van der Waals surface area contributed by atoms with E-state index in [9.17, 15) is 0 Å². The minimum atomic E-state index is 0. The van der Waals surface area contributed by atoms with Crippen LogP contribution in [0.1, 0.15) is 103 Å². The van der Waals surface area contributed by atoms with E-state index in [-0.39, 0.29) is 51.4 Å². The van der Waals surface area contributed by atoms with E-state index in [2.05, 4.69) is 55.3 Å². The second kappa shape index (κ2) is 29.4. The van der Waals surface area contributed by atoms with Gasteiger partial charge in [0.1, 0.15) is 0 Å². The van der Waals surface area contributed by atoms with Crippen molar-refractivity contribution in [3.05, 3.63) is 96.3 Å². The second-order valence-electron chi connectivity index (χ2n) is 8.82. The van der Waals surface area contributed by atoms with E-state index in [0.29, 0.717) is 5.70 Å². The molecule has 1 aromatic heterocycles. The molecule has 39 heavy (non-hydrogen) atoms. The Kier molecular flexibility index (Phi) is 31.6. The van der Waals surface area contributed by atoms with E-state index in [4.69, 9.17) is 5.73 Å². The minimum absolute atomic E-state index is 0. The van der Waals surface area contributed by atoms with Gasteiger partial charge in [0.15, 0.2) is 0 Å². The third-order valence-electron chi connectivity index (χ3n) is 5.55. The molecular weight excluding hydrogens is 504 g/mol. The summed E-state index contributed by atoms with van der Waals surface area (Å²) in [7, 11) is 1.80. The summed E-state index contributed by atoms with van der Waals surface area (Å²) in [6.07, 6.45) is 16.4. The molecule has 1 aromatic carbocycles. The first-order valence-corrected chi connectivity index (χ1v) is 14.3. The zero-order chi connectivity index (χ0) is 29.2. The van der Waals surface area contributed by atoms with Crippen LogP contribution in [0.5, 0.6) is 0 Å². The molecule has 0 fully saturated rings. The van der Waals surface area contributed by atoms with Crippen molar-refractivity contribution in [1.82, 2.24) is 15.3 Å². The number of nitrogens with one attached hydrogen (secondary N) is 4. The second-order valence-corrected chi connectivity index (χ2v) is 8.82. The Morgan fingerprint density at radius 2 is 1.56 bits per heavy atom. The summed E-state index contributed by atoms with van der Waals surface area (Å²) < 4.78 is 0. The van der Waals surface area contributed by atoms with Crippen LogP contribution in [0.4, 0.5) is 0 Å². The zero-order valence-electron chi connectivity index (χ0n) is 26.7. The Balaban J connectivity index is -0.000000635. The first-order valence-electron chi connectivity index (χ1n) is 14.3. The van der Waals surface area contributed by atoms with Crippen LogP contribution in [-0.4, -0.2) is 17.0 Å². The number of aromatic amines is 2. The summed E-state index contributed by atoms with van der Waals surface area (Å²) >= 11 is 0. The molecule has 0 unspecified atom stereocenters. The van der Waals surface area contributed by atoms with Crippen molar-refractivity contribution in [3.63, 3.8) is 0 Å².